The molecule has 1 aromatic carbocycles. The molecule has 2 aliphatic rings. The van der Waals surface area contributed by atoms with E-state index in [2.05, 4.69) is 30.4 Å². The molecule has 1 heterocycles. The predicted molar refractivity (Wildman–Crippen MR) is 68.7 cm³/mol. The third-order valence-corrected chi connectivity index (χ3v) is 8.04. The van der Waals surface area contributed by atoms with Crippen molar-refractivity contribution in [2.75, 3.05) is 0 Å². The molecule has 0 saturated heterocycles. The first-order valence-electron chi connectivity index (χ1n) is 5.37. The summed E-state index contributed by atoms with van der Waals surface area (Å²) in [4.78, 5) is 0. The monoisotopic (exact) mass is 232 g/mol. The van der Waals surface area contributed by atoms with Gasteiger partial charge in [-0.3, -0.25) is 0 Å². The van der Waals surface area contributed by atoms with Crippen molar-refractivity contribution in [3.05, 3.63) is 46.9 Å². The van der Waals surface area contributed by atoms with Gasteiger partial charge in [0.05, 0.1) is 9.52 Å². The van der Waals surface area contributed by atoms with Gasteiger partial charge in [-0.1, -0.05) is 46.8 Å². The van der Waals surface area contributed by atoms with Crippen LogP contribution in [0, 0.1) is 0 Å². The van der Waals surface area contributed by atoms with Gasteiger partial charge in [0.2, 0.25) is 0 Å². The van der Waals surface area contributed by atoms with Crippen LogP contribution in [-0.2, 0) is 4.57 Å². The van der Waals surface area contributed by atoms with E-state index in [1.807, 2.05) is 6.07 Å². The smallest absolute Gasteiger partial charge is 0.131 e. The Kier molecular flexibility index (Phi) is 2.26. The van der Waals surface area contributed by atoms with Crippen molar-refractivity contribution in [1.82, 2.24) is 0 Å². The molecule has 1 aromatic rings. The molecule has 3 rings (SSSR count). The minimum atomic E-state index is -1.67. The van der Waals surface area contributed by atoms with Crippen LogP contribution in [0.3, 0.4) is 0 Å². The van der Waals surface area contributed by atoms with Crippen LogP contribution in [-0.4, -0.2) is 9.52 Å². The van der Waals surface area contributed by atoms with E-state index in [-0.39, 0.29) is 9.52 Å². The molecule has 1 nitrogen and oxygen atoms in total. The van der Waals surface area contributed by atoms with Crippen LogP contribution in [0.5, 0.6) is 0 Å². The molecule has 76 valence electrons. The summed E-state index contributed by atoms with van der Waals surface area (Å²) in [7, 11) is -1.98. The van der Waals surface area contributed by atoms with E-state index < -0.39 is 7.80 Å². The van der Waals surface area contributed by atoms with Crippen molar-refractivity contribution < 1.29 is 4.57 Å². The maximum absolute atomic E-state index is 12.3. The molecule has 1 atom stereocenters. The van der Waals surface area contributed by atoms with Crippen molar-refractivity contribution in [3.8, 4) is 0 Å². The third kappa shape index (κ3) is 1.49. The number of fused-ring (bicyclic) bond motifs is 1. The first-order valence-corrected chi connectivity index (χ1v) is 8.19. The largest absolute Gasteiger partial charge is 0.317 e. The molecule has 0 bridgehead atoms. The zero-order valence-corrected chi connectivity index (χ0v) is 10.9. The third-order valence-electron chi connectivity index (χ3n) is 3.19. The second-order valence-electron chi connectivity index (χ2n) is 4.12. The van der Waals surface area contributed by atoms with E-state index in [1.165, 1.54) is 10.5 Å². The fourth-order valence-electron chi connectivity index (χ4n) is 2.40. The summed E-state index contributed by atoms with van der Waals surface area (Å²) >= 11 is 0. The minimum Gasteiger partial charge on any atom is -0.317 e. The molecule has 3 heteroatoms. The number of hydrogen-bond acceptors (Lipinski definition) is 1. The molecule has 0 amide bonds. The maximum Gasteiger partial charge on any atom is 0.131 e. The summed E-state index contributed by atoms with van der Waals surface area (Å²) in [5, 5.41) is 5.28. The van der Waals surface area contributed by atoms with Crippen LogP contribution in [0.15, 0.2) is 46.9 Å². The molecule has 1 aliphatic carbocycles. The minimum absolute atomic E-state index is 0.314. The van der Waals surface area contributed by atoms with Crippen molar-refractivity contribution >= 4 is 27.8 Å². The highest BCUT2D eigenvalue weighted by Crippen LogP contribution is 2.39. The van der Waals surface area contributed by atoms with Gasteiger partial charge >= 0.3 is 0 Å². The zero-order chi connectivity index (χ0) is 10.3. The molecule has 0 N–H and O–H groups in total. The van der Waals surface area contributed by atoms with Crippen molar-refractivity contribution in [1.29, 1.82) is 0 Å². The van der Waals surface area contributed by atoms with Gasteiger partial charge in [-0.25, -0.2) is 0 Å². The highest BCUT2D eigenvalue weighted by atomic mass is 31.1. The molecule has 0 fully saturated rings. The lowest BCUT2D eigenvalue weighted by Crippen LogP contribution is -2.33. The summed E-state index contributed by atoms with van der Waals surface area (Å²) in [6, 6.07) is 8.31. The highest BCUT2D eigenvalue weighted by molar-refractivity contribution is 7.59. The summed E-state index contributed by atoms with van der Waals surface area (Å²) in [6.45, 7) is 0. The van der Waals surface area contributed by atoms with Gasteiger partial charge in [0.15, 0.2) is 0 Å². The standard InChI is InChI=1S/C12H13OPSi/c13-14-9-5-1-3-7-11(9)15-12-8-4-2-6-10(12)14/h1-3,5-7,14H,4,8,15H2. The van der Waals surface area contributed by atoms with Crippen molar-refractivity contribution in [3.63, 3.8) is 0 Å². The van der Waals surface area contributed by atoms with Crippen molar-refractivity contribution in [2.24, 2.45) is 0 Å². The second-order valence-corrected chi connectivity index (χ2v) is 7.83. The summed E-state index contributed by atoms with van der Waals surface area (Å²) in [5.74, 6) is 0. The van der Waals surface area contributed by atoms with Crippen LogP contribution in [0.1, 0.15) is 12.8 Å². The van der Waals surface area contributed by atoms with Gasteiger partial charge in [-0.05, 0) is 12.8 Å². The molecular formula is C12H13OPSi. The van der Waals surface area contributed by atoms with Crippen LogP contribution in [0.2, 0.25) is 0 Å². The Bertz CT molecular complexity index is 502. The Balaban J connectivity index is 2.15. The number of allylic oxidation sites excluding steroid dienone is 4. The fourth-order valence-corrected chi connectivity index (χ4v) is 7.24. The van der Waals surface area contributed by atoms with Crippen LogP contribution >= 0.6 is 7.80 Å². The summed E-state index contributed by atoms with van der Waals surface area (Å²) < 4.78 is 12.3. The normalized spacial score (nSPS) is 25.2. The molecule has 0 aromatic heterocycles. The van der Waals surface area contributed by atoms with Crippen molar-refractivity contribution in [2.45, 2.75) is 12.8 Å². The SMILES string of the molecule is O=[PH]1C2=C(CCC=C2)[SiH2]c2ccccc21. The average Bonchev–Trinajstić information content (AvgIpc) is 2.30. The highest BCUT2D eigenvalue weighted by Gasteiger charge is 2.23. The van der Waals surface area contributed by atoms with Gasteiger partial charge in [-0.15, -0.1) is 0 Å². The Morgan fingerprint density at radius 1 is 1.27 bits per heavy atom. The lowest BCUT2D eigenvalue weighted by Gasteiger charge is -2.23. The Labute approximate surface area is 92.5 Å². The first-order chi connectivity index (χ1) is 7.36. The predicted octanol–water partition coefficient (Wildman–Crippen LogP) is 1.24. The zero-order valence-electron chi connectivity index (χ0n) is 8.49. The van der Waals surface area contributed by atoms with E-state index in [1.54, 1.807) is 5.20 Å². The van der Waals surface area contributed by atoms with Crippen LogP contribution in [0.25, 0.3) is 0 Å². The molecule has 0 radical (unpaired) electrons. The fraction of sp³-hybridized carbons (Fsp3) is 0.167. The topological polar surface area (TPSA) is 17.1 Å². The van der Waals surface area contributed by atoms with Gasteiger partial charge < -0.3 is 4.57 Å². The number of benzene rings is 1. The maximum atomic E-state index is 12.3. The molecular weight excluding hydrogens is 219 g/mol. The van der Waals surface area contributed by atoms with Gasteiger partial charge in [0.25, 0.3) is 0 Å². The quantitative estimate of drug-likeness (QED) is 0.486. The van der Waals surface area contributed by atoms with Gasteiger partial charge in [-0.2, -0.15) is 0 Å². The van der Waals surface area contributed by atoms with E-state index in [9.17, 15) is 4.57 Å². The van der Waals surface area contributed by atoms with E-state index in [0.29, 0.717) is 0 Å². The van der Waals surface area contributed by atoms with Crippen LogP contribution in [0.4, 0.5) is 0 Å². The average molecular weight is 232 g/mol. The number of hydrogen-bond donors (Lipinski definition) is 0. The molecule has 0 spiro atoms. The molecule has 0 saturated carbocycles. The Hall–Kier alpha value is -0.853. The lowest BCUT2D eigenvalue weighted by molar-refractivity contribution is 0.596. The van der Waals surface area contributed by atoms with Gasteiger partial charge in [0, 0.05) is 10.6 Å². The molecule has 1 unspecified atom stereocenters. The van der Waals surface area contributed by atoms with Gasteiger partial charge in [0.1, 0.15) is 7.80 Å². The van der Waals surface area contributed by atoms with E-state index >= 15 is 0 Å². The molecule has 1 aliphatic heterocycles. The van der Waals surface area contributed by atoms with E-state index in [0.717, 1.165) is 18.1 Å². The Morgan fingerprint density at radius 3 is 3.07 bits per heavy atom. The first kappa shape index (κ1) is 9.38. The van der Waals surface area contributed by atoms with E-state index in [4.69, 9.17) is 0 Å². The Morgan fingerprint density at radius 2 is 2.13 bits per heavy atom. The van der Waals surface area contributed by atoms with Crippen LogP contribution < -0.4 is 10.5 Å². The second kappa shape index (κ2) is 3.62. The summed E-state index contributed by atoms with van der Waals surface area (Å²) in [6.07, 6.45) is 6.58. The lowest BCUT2D eigenvalue weighted by atomic mass is 10.2. The summed E-state index contributed by atoms with van der Waals surface area (Å²) in [5.41, 5.74) is 0. The molecule has 15 heavy (non-hydrogen) atoms. The number of rotatable bonds is 0.